The fourth-order valence-electron chi connectivity index (χ4n) is 2.83. The third-order valence-electron chi connectivity index (χ3n) is 4.15. The fourth-order valence-corrected chi connectivity index (χ4v) is 2.83. The number of hydrogen-bond donors (Lipinski definition) is 1. The highest BCUT2D eigenvalue weighted by atomic mass is 16.5. The molecule has 0 spiro atoms. The van der Waals surface area contributed by atoms with Crippen molar-refractivity contribution in [3.8, 4) is 11.5 Å². The van der Waals surface area contributed by atoms with Crippen LogP contribution in [0.1, 0.15) is 29.7 Å². The van der Waals surface area contributed by atoms with Crippen LogP contribution in [0.4, 0.5) is 0 Å². The van der Waals surface area contributed by atoms with Gasteiger partial charge in [0.25, 0.3) is 0 Å². The summed E-state index contributed by atoms with van der Waals surface area (Å²) < 4.78 is 11.3. The number of aryl methyl sites for hydroxylation is 1. The minimum absolute atomic E-state index is 0.0143. The first-order valence-electron chi connectivity index (χ1n) is 7.39. The van der Waals surface area contributed by atoms with Crippen LogP contribution in [0.3, 0.4) is 0 Å². The van der Waals surface area contributed by atoms with Gasteiger partial charge in [-0.1, -0.05) is 25.1 Å². The van der Waals surface area contributed by atoms with Gasteiger partial charge in [0.15, 0.2) is 0 Å². The number of methoxy groups -OCH3 is 1. The molecular formula is C18H21NO2. The smallest absolute Gasteiger partial charge is 0.122 e. The van der Waals surface area contributed by atoms with Gasteiger partial charge >= 0.3 is 0 Å². The van der Waals surface area contributed by atoms with Crippen LogP contribution in [-0.4, -0.2) is 13.2 Å². The first-order chi connectivity index (χ1) is 10.2. The molecule has 0 saturated heterocycles. The zero-order valence-electron chi connectivity index (χ0n) is 12.5. The zero-order valence-corrected chi connectivity index (χ0v) is 12.5. The normalized spacial score (nSPS) is 20.1. The molecule has 0 aliphatic heterocycles. The van der Waals surface area contributed by atoms with Gasteiger partial charge in [-0.3, -0.25) is 0 Å². The van der Waals surface area contributed by atoms with Crippen molar-refractivity contribution in [1.29, 1.82) is 0 Å². The van der Waals surface area contributed by atoms with Gasteiger partial charge in [-0.15, -0.1) is 0 Å². The molecule has 0 heterocycles. The highest BCUT2D eigenvalue weighted by Crippen LogP contribution is 2.34. The van der Waals surface area contributed by atoms with Gasteiger partial charge in [-0.25, -0.2) is 0 Å². The van der Waals surface area contributed by atoms with Crippen molar-refractivity contribution in [3.05, 3.63) is 59.2 Å². The van der Waals surface area contributed by atoms with Crippen LogP contribution >= 0.6 is 0 Å². The Morgan fingerprint density at radius 1 is 1.10 bits per heavy atom. The molecule has 0 radical (unpaired) electrons. The molecule has 0 amide bonds. The topological polar surface area (TPSA) is 44.5 Å². The summed E-state index contributed by atoms with van der Waals surface area (Å²) in [6.07, 6.45) is 1.87. The van der Waals surface area contributed by atoms with E-state index in [4.69, 9.17) is 15.2 Å². The number of benzene rings is 2. The minimum Gasteiger partial charge on any atom is -0.497 e. The van der Waals surface area contributed by atoms with E-state index in [-0.39, 0.29) is 12.1 Å². The summed E-state index contributed by atoms with van der Waals surface area (Å²) >= 11 is 0. The third kappa shape index (κ3) is 2.74. The Morgan fingerprint density at radius 3 is 2.48 bits per heavy atom. The zero-order chi connectivity index (χ0) is 14.8. The first kappa shape index (κ1) is 14.0. The van der Waals surface area contributed by atoms with Crippen molar-refractivity contribution < 1.29 is 9.47 Å². The molecule has 3 nitrogen and oxygen atoms in total. The standard InChI is InChI=1S/C18H21NO2/c1-3-12-4-7-14(8-5-12)21-17-10-13-6-9-15(20-2)11-16(13)18(17)19/h4-9,11,17-18H,3,10,19H2,1-2H3. The number of ether oxygens (including phenoxy) is 2. The lowest BCUT2D eigenvalue weighted by Gasteiger charge is -2.18. The van der Waals surface area contributed by atoms with E-state index < -0.39 is 0 Å². The second kappa shape index (κ2) is 5.78. The highest BCUT2D eigenvalue weighted by Gasteiger charge is 2.31. The minimum atomic E-state index is -0.110. The molecule has 1 aliphatic carbocycles. The van der Waals surface area contributed by atoms with E-state index in [0.29, 0.717) is 0 Å². The van der Waals surface area contributed by atoms with E-state index in [9.17, 15) is 0 Å². The molecule has 0 saturated carbocycles. The molecule has 0 aromatic heterocycles. The Bertz CT molecular complexity index is 622. The molecular weight excluding hydrogens is 262 g/mol. The van der Waals surface area contributed by atoms with Crippen LogP contribution in [0.25, 0.3) is 0 Å². The fraction of sp³-hybridized carbons (Fsp3) is 0.333. The molecule has 2 unspecified atom stereocenters. The van der Waals surface area contributed by atoms with E-state index in [1.807, 2.05) is 24.3 Å². The van der Waals surface area contributed by atoms with Gasteiger partial charge in [0.1, 0.15) is 17.6 Å². The van der Waals surface area contributed by atoms with E-state index in [1.54, 1.807) is 7.11 Å². The molecule has 2 aromatic carbocycles. The average molecular weight is 283 g/mol. The van der Waals surface area contributed by atoms with Crippen molar-refractivity contribution in [2.24, 2.45) is 5.73 Å². The highest BCUT2D eigenvalue weighted by molar-refractivity contribution is 5.42. The lowest BCUT2D eigenvalue weighted by atomic mass is 10.1. The van der Waals surface area contributed by atoms with Crippen LogP contribution < -0.4 is 15.2 Å². The summed E-state index contributed by atoms with van der Waals surface area (Å²) in [7, 11) is 1.67. The lowest BCUT2D eigenvalue weighted by molar-refractivity contribution is 0.185. The van der Waals surface area contributed by atoms with Gasteiger partial charge in [0.05, 0.1) is 13.2 Å². The van der Waals surface area contributed by atoms with Crippen molar-refractivity contribution >= 4 is 0 Å². The molecule has 2 atom stereocenters. The van der Waals surface area contributed by atoms with E-state index in [1.165, 1.54) is 11.1 Å². The molecule has 2 N–H and O–H groups in total. The second-order valence-electron chi connectivity index (χ2n) is 5.45. The molecule has 0 fully saturated rings. The summed E-state index contributed by atoms with van der Waals surface area (Å²) in [6.45, 7) is 2.15. The Morgan fingerprint density at radius 2 is 1.81 bits per heavy atom. The third-order valence-corrected chi connectivity index (χ3v) is 4.15. The van der Waals surface area contributed by atoms with Gasteiger partial charge in [0.2, 0.25) is 0 Å². The Hall–Kier alpha value is -2.00. The van der Waals surface area contributed by atoms with Crippen molar-refractivity contribution in [1.82, 2.24) is 0 Å². The molecule has 110 valence electrons. The predicted molar refractivity (Wildman–Crippen MR) is 83.9 cm³/mol. The monoisotopic (exact) mass is 283 g/mol. The molecule has 3 rings (SSSR count). The second-order valence-corrected chi connectivity index (χ2v) is 5.45. The molecule has 2 aromatic rings. The van der Waals surface area contributed by atoms with Crippen LogP contribution in [0.15, 0.2) is 42.5 Å². The summed E-state index contributed by atoms with van der Waals surface area (Å²) in [5.41, 5.74) is 10.0. The molecule has 3 heteroatoms. The van der Waals surface area contributed by atoms with Gasteiger partial charge < -0.3 is 15.2 Å². The van der Waals surface area contributed by atoms with E-state index in [2.05, 4.69) is 25.1 Å². The van der Waals surface area contributed by atoms with Gasteiger partial charge in [0, 0.05) is 6.42 Å². The van der Waals surface area contributed by atoms with Gasteiger partial charge in [-0.2, -0.15) is 0 Å². The number of nitrogens with two attached hydrogens (primary N) is 1. The number of rotatable bonds is 4. The summed E-state index contributed by atoms with van der Waals surface area (Å²) in [5, 5.41) is 0. The lowest BCUT2D eigenvalue weighted by Crippen LogP contribution is -2.27. The summed E-state index contributed by atoms with van der Waals surface area (Å²) in [6, 6.07) is 14.2. The number of hydrogen-bond acceptors (Lipinski definition) is 3. The number of fused-ring (bicyclic) bond motifs is 1. The van der Waals surface area contributed by atoms with Crippen molar-refractivity contribution in [3.63, 3.8) is 0 Å². The average Bonchev–Trinajstić information content (AvgIpc) is 2.84. The molecule has 21 heavy (non-hydrogen) atoms. The quantitative estimate of drug-likeness (QED) is 0.936. The van der Waals surface area contributed by atoms with Crippen LogP contribution in [-0.2, 0) is 12.8 Å². The summed E-state index contributed by atoms with van der Waals surface area (Å²) in [4.78, 5) is 0. The Labute approximate surface area is 125 Å². The van der Waals surface area contributed by atoms with Gasteiger partial charge in [-0.05, 0) is 47.4 Å². The SMILES string of the molecule is CCc1ccc(OC2Cc3ccc(OC)cc3C2N)cc1. The van der Waals surface area contributed by atoms with Crippen LogP contribution in [0.5, 0.6) is 11.5 Å². The Kier molecular flexibility index (Phi) is 3.84. The van der Waals surface area contributed by atoms with Crippen LogP contribution in [0.2, 0.25) is 0 Å². The van der Waals surface area contributed by atoms with Crippen molar-refractivity contribution in [2.45, 2.75) is 31.9 Å². The summed E-state index contributed by atoms with van der Waals surface area (Å²) in [5.74, 6) is 1.73. The largest absolute Gasteiger partial charge is 0.497 e. The maximum absolute atomic E-state index is 6.34. The first-order valence-corrected chi connectivity index (χ1v) is 7.39. The maximum Gasteiger partial charge on any atom is 0.122 e. The Balaban J connectivity index is 1.76. The molecule has 0 bridgehead atoms. The van der Waals surface area contributed by atoms with E-state index in [0.717, 1.165) is 29.9 Å². The maximum atomic E-state index is 6.34. The van der Waals surface area contributed by atoms with Crippen LogP contribution in [0, 0.1) is 0 Å². The predicted octanol–water partition coefficient (Wildman–Crippen LogP) is 3.26. The van der Waals surface area contributed by atoms with Crippen molar-refractivity contribution in [2.75, 3.05) is 7.11 Å². The van der Waals surface area contributed by atoms with E-state index >= 15 is 0 Å². The molecule has 1 aliphatic rings.